The Kier molecular flexibility index (Phi) is 5.10. The number of nitrogens with zero attached hydrogens (tertiary/aromatic N) is 4. The Bertz CT molecular complexity index is 915. The molecule has 0 aliphatic heterocycles. The summed E-state index contributed by atoms with van der Waals surface area (Å²) in [6.07, 6.45) is 5.18. The van der Waals surface area contributed by atoms with Crippen molar-refractivity contribution >= 4 is 45.5 Å². The van der Waals surface area contributed by atoms with E-state index in [1.54, 1.807) is 6.20 Å². The lowest BCUT2D eigenvalue weighted by molar-refractivity contribution is -0.113. The number of carbonyl (C=O) groups is 1. The summed E-state index contributed by atoms with van der Waals surface area (Å²) in [5.41, 5.74) is 2.63. The predicted octanol–water partition coefficient (Wildman–Crippen LogP) is 3.86. The number of carbonyl (C=O) groups excluding carboxylic acids is 1. The Morgan fingerprint density at radius 1 is 1.42 bits per heavy atom. The zero-order valence-corrected chi connectivity index (χ0v) is 17.0. The van der Waals surface area contributed by atoms with E-state index in [4.69, 9.17) is 0 Å². The molecule has 26 heavy (non-hydrogen) atoms. The minimum Gasteiger partial charge on any atom is -0.305 e. The number of amides is 1. The molecule has 0 aromatic carbocycles. The van der Waals surface area contributed by atoms with Gasteiger partial charge in [-0.25, -0.2) is 4.98 Å². The van der Waals surface area contributed by atoms with Gasteiger partial charge < -0.3 is 9.88 Å². The topological polar surface area (TPSA) is 72.7 Å². The number of thiophene rings is 1. The van der Waals surface area contributed by atoms with E-state index in [1.807, 2.05) is 28.3 Å². The first kappa shape index (κ1) is 17.7. The van der Waals surface area contributed by atoms with Gasteiger partial charge in [-0.3, -0.25) is 4.79 Å². The first-order chi connectivity index (χ1) is 12.6. The Morgan fingerprint density at radius 3 is 3.12 bits per heavy atom. The van der Waals surface area contributed by atoms with Crippen LogP contribution in [0.4, 0.5) is 5.13 Å². The standard InChI is InChI=1S/C17H19N5OS3/c1-10-3-4-11-12(8-25-13(11)7-10)15-20-21-17(22(15)2)26-9-14(23)19-16-18-5-6-24-16/h5-6,8,10H,3-4,7,9H2,1-2H3,(H,18,19,23). The summed E-state index contributed by atoms with van der Waals surface area (Å²) in [6.45, 7) is 2.32. The Hall–Kier alpha value is -1.71. The molecule has 4 rings (SSSR count). The van der Waals surface area contributed by atoms with Gasteiger partial charge in [0.15, 0.2) is 16.1 Å². The molecule has 1 aliphatic carbocycles. The molecule has 0 fully saturated rings. The maximum absolute atomic E-state index is 12.0. The third kappa shape index (κ3) is 3.56. The van der Waals surface area contributed by atoms with Gasteiger partial charge in [-0.1, -0.05) is 18.7 Å². The molecule has 0 bridgehead atoms. The lowest BCUT2D eigenvalue weighted by Gasteiger charge is -2.18. The van der Waals surface area contributed by atoms with Crippen LogP contribution in [0.3, 0.4) is 0 Å². The van der Waals surface area contributed by atoms with Crippen molar-refractivity contribution in [1.82, 2.24) is 19.7 Å². The SMILES string of the molecule is CC1CCc2c(-c3nnc(SCC(=O)Nc4nccs4)n3C)csc2C1. The van der Waals surface area contributed by atoms with Crippen molar-refractivity contribution in [1.29, 1.82) is 0 Å². The molecule has 3 aromatic rings. The van der Waals surface area contributed by atoms with Crippen LogP contribution >= 0.6 is 34.4 Å². The van der Waals surface area contributed by atoms with Crippen LogP contribution in [0.15, 0.2) is 22.1 Å². The highest BCUT2D eigenvalue weighted by Gasteiger charge is 2.23. The van der Waals surface area contributed by atoms with E-state index in [0.717, 1.165) is 29.7 Å². The first-order valence-electron chi connectivity index (χ1n) is 8.43. The molecule has 1 unspecified atom stereocenters. The van der Waals surface area contributed by atoms with E-state index >= 15 is 0 Å². The number of thiazole rings is 1. The van der Waals surface area contributed by atoms with Gasteiger partial charge in [0.25, 0.3) is 0 Å². The summed E-state index contributed by atoms with van der Waals surface area (Å²) in [4.78, 5) is 17.6. The van der Waals surface area contributed by atoms with Crippen LogP contribution in [-0.2, 0) is 24.7 Å². The van der Waals surface area contributed by atoms with Gasteiger partial charge in [-0.2, -0.15) is 0 Å². The van der Waals surface area contributed by atoms with Crippen molar-refractivity contribution in [2.45, 2.75) is 31.3 Å². The number of aromatic nitrogens is 4. The summed E-state index contributed by atoms with van der Waals surface area (Å²) in [5.74, 6) is 1.84. The highest BCUT2D eigenvalue weighted by Crippen LogP contribution is 2.38. The van der Waals surface area contributed by atoms with Crippen molar-refractivity contribution in [2.24, 2.45) is 13.0 Å². The average Bonchev–Trinajstić information content (AvgIpc) is 3.33. The second kappa shape index (κ2) is 7.50. The van der Waals surface area contributed by atoms with E-state index in [-0.39, 0.29) is 11.7 Å². The molecule has 3 aromatic heterocycles. The van der Waals surface area contributed by atoms with Crippen molar-refractivity contribution in [3.05, 3.63) is 27.4 Å². The van der Waals surface area contributed by atoms with Gasteiger partial charge in [0.1, 0.15) is 0 Å². The van der Waals surface area contributed by atoms with Gasteiger partial charge in [-0.15, -0.1) is 32.9 Å². The van der Waals surface area contributed by atoms with Gasteiger partial charge in [0.05, 0.1) is 5.75 Å². The minimum atomic E-state index is -0.0867. The van der Waals surface area contributed by atoms with Gasteiger partial charge in [0, 0.05) is 34.4 Å². The normalized spacial score (nSPS) is 16.5. The Balaban J connectivity index is 1.46. The molecular formula is C17H19N5OS3. The summed E-state index contributed by atoms with van der Waals surface area (Å²) in [6, 6.07) is 0. The fourth-order valence-electron chi connectivity index (χ4n) is 3.11. The van der Waals surface area contributed by atoms with Crippen LogP contribution in [0, 0.1) is 5.92 Å². The number of rotatable bonds is 5. The van der Waals surface area contributed by atoms with Gasteiger partial charge in [0.2, 0.25) is 5.91 Å². The Labute approximate surface area is 164 Å². The average molecular weight is 406 g/mol. The van der Waals surface area contributed by atoms with Crippen LogP contribution in [0.25, 0.3) is 11.4 Å². The van der Waals surface area contributed by atoms with E-state index in [9.17, 15) is 4.79 Å². The van der Waals surface area contributed by atoms with E-state index < -0.39 is 0 Å². The highest BCUT2D eigenvalue weighted by atomic mass is 32.2. The largest absolute Gasteiger partial charge is 0.305 e. The molecule has 0 spiro atoms. The van der Waals surface area contributed by atoms with E-state index in [0.29, 0.717) is 5.13 Å². The number of thioether (sulfide) groups is 1. The molecule has 6 nitrogen and oxygen atoms in total. The molecule has 1 aliphatic rings. The Morgan fingerprint density at radius 2 is 2.31 bits per heavy atom. The summed E-state index contributed by atoms with van der Waals surface area (Å²) in [5, 5.41) is 16.9. The fraction of sp³-hybridized carbons (Fsp3) is 0.412. The summed E-state index contributed by atoms with van der Waals surface area (Å²) < 4.78 is 1.99. The maximum atomic E-state index is 12.0. The summed E-state index contributed by atoms with van der Waals surface area (Å²) >= 11 is 4.63. The van der Waals surface area contributed by atoms with Crippen LogP contribution < -0.4 is 5.32 Å². The van der Waals surface area contributed by atoms with Crippen molar-refractivity contribution in [3.8, 4) is 11.4 Å². The number of nitrogens with one attached hydrogen (secondary N) is 1. The maximum Gasteiger partial charge on any atom is 0.236 e. The predicted molar refractivity (Wildman–Crippen MR) is 107 cm³/mol. The molecule has 0 saturated heterocycles. The molecule has 1 atom stereocenters. The molecule has 1 amide bonds. The lowest BCUT2D eigenvalue weighted by atomic mass is 9.88. The number of hydrogen-bond acceptors (Lipinski definition) is 7. The first-order valence-corrected chi connectivity index (χ1v) is 11.2. The van der Waals surface area contributed by atoms with Crippen molar-refractivity contribution < 1.29 is 4.79 Å². The molecule has 0 saturated carbocycles. The summed E-state index contributed by atoms with van der Waals surface area (Å²) in [7, 11) is 1.96. The third-order valence-corrected chi connectivity index (χ3v) is 7.25. The minimum absolute atomic E-state index is 0.0867. The number of anilines is 1. The second-order valence-electron chi connectivity index (χ2n) is 6.44. The van der Waals surface area contributed by atoms with Crippen LogP contribution in [0.1, 0.15) is 23.8 Å². The van der Waals surface area contributed by atoms with E-state index in [2.05, 4.69) is 32.8 Å². The quantitative estimate of drug-likeness (QED) is 0.653. The molecule has 3 heterocycles. The zero-order chi connectivity index (χ0) is 18.1. The second-order valence-corrected chi connectivity index (χ2v) is 9.24. The zero-order valence-electron chi connectivity index (χ0n) is 14.6. The van der Waals surface area contributed by atoms with Gasteiger partial charge >= 0.3 is 0 Å². The van der Waals surface area contributed by atoms with Crippen LogP contribution in [0.5, 0.6) is 0 Å². The van der Waals surface area contributed by atoms with Gasteiger partial charge in [-0.05, 0) is 30.7 Å². The monoisotopic (exact) mass is 405 g/mol. The molecule has 0 radical (unpaired) electrons. The third-order valence-electron chi connectivity index (χ3n) is 4.49. The smallest absolute Gasteiger partial charge is 0.236 e. The molecular weight excluding hydrogens is 386 g/mol. The molecule has 9 heteroatoms. The number of fused-ring (bicyclic) bond motifs is 1. The fourth-order valence-corrected chi connectivity index (χ4v) is 5.61. The van der Waals surface area contributed by atoms with Crippen LogP contribution in [0.2, 0.25) is 0 Å². The lowest BCUT2D eigenvalue weighted by Crippen LogP contribution is -2.14. The van der Waals surface area contributed by atoms with E-state index in [1.165, 1.54) is 45.5 Å². The molecule has 1 N–H and O–H groups in total. The molecule has 136 valence electrons. The highest BCUT2D eigenvalue weighted by molar-refractivity contribution is 7.99. The number of hydrogen-bond donors (Lipinski definition) is 1. The van der Waals surface area contributed by atoms with Crippen molar-refractivity contribution in [3.63, 3.8) is 0 Å². The van der Waals surface area contributed by atoms with Crippen molar-refractivity contribution in [2.75, 3.05) is 11.1 Å². The van der Waals surface area contributed by atoms with Crippen LogP contribution in [-0.4, -0.2) is 31.4 Å².